The third-order valence-corrected chi connectivity index (χ3v) is 6.16. The third kappa shape index (κ3) is 5.41. The number of carbonyl (C=O) groups excluding carboxylic acids is 1. The van der Waals surface area contributed by atoms with Crippen LogP contribution in [0.1, 0.15) is 0 Å². The lowest BCUT2D eigenvalue weighted by molar-refractivity contribution is -0.113. The van der Waals surface area contributed by atoms with E-state index in [1.807, 2.05) is 54.6 Å². The Morgan fingerprint density at radius 3 is 2.41 bits per heavy atom. The molecule has 0 aliphatic carbocycles. The van der Waals surface area contributed by atoms with Gasteiger partial charge in [-0.15, -0.1) is 0 Å². The number of sulfonamides is 1. The predicted molar refractivity (Wildman–Crippen MR) is 126 cm³/mol. The Bertz CT molecular complexity index is 1380. The van der Waals surface area contributed by atoms with Crippen molar-refractivity contribution in [1.82, 2.24) is 9.97 Å². The van der Waals surface area contributed by atoms with Crippen molar-refractivity contribution in [3.8, 4) is 0 Å². The van der Waals surface area contributed by atoms with Crippen LogP contribution in [-0.2, 0) is 14.8 Å². The molecule has 0 saturated heterocycles. The zero-order valence-corrected chi connectivity index (χ0v) is 18.4. The first-order valence-electron chi connectivity index (χ1n) is 9.53. The summed E-state index contributed by atoms with van der Waals surface area (Å²) in [7, 11) is -3.85. The second-order valence-corrected chi connectivity index (χ2v) is 9.28. The minimum absolute atomic E-state index is 0.0444. The lowest BCUT2D eigenvalue weighted by atomic mass is 10.2. The molecule has 0 spiro atoms. The Balaban J connectivity index is 1.50. The van der Waals surface area contributed by atoms with E-state index in [1.165, 1.54) is 30.0 Å². The number of amides is 1. The number of nitrogens with zero attached hydrogens (tertiary/aromatic N) is 2. The summed E-state index contributed by atoms with van der Waals surface area (Å²) in [5.41, 5.74) is 1.98. The van der Waals surface area contributed by atoms with Gasteiger partial charge in [-0.25, -0.2) is 23.5 Å². The van der Waals surface area contributed by atoms with Crippen molar-refractivity contribution in [2.45, 2.75) is 10.1 Å². The van der Waals surface area contributed by atoms with Gasteiger partial charge in [-0.3, -0.25) is 4.79 Å². The van der Waals surface area contributed by atoms with Crippen LogP contribution in [0.5, 0.6) is 0 Å². The highest BCUT2D eigenvalue weighted by molar-refractivity contribution is 7.99. The summed E-state index contributed by atoms with van der Waals surface area (Å²) in [6, 6.07) is 23.1. The Kier molecular flexibility index (Phi) is 6.35. The molecule has 4 aromatic rings. The number of primary sulfonamides is 1. The lowest BCUT2D eigenvalue weighted by Gasteiger charge is -2.11. The maximum Gasteiger partial charge on any atom is 0.238 e. The van der Waals surface area contributed by atoms with E-state index in [9.17, 15) is 13.2 Å². The van der Waals surface area contributed by atoms with Crippen LogP contribution in [-0.4, -0.2) is 30.0 Å². The van der Waals surface area contributed by atoms with Gasteiger partial charge in [0.05, 0.1) is 16.2 Å². The quantitative estimate of drug-likeness (QED) is 0.280. The zero-order valence-electron chi connectivity index (χ0n) is 16.7. The van der Waals surface area contributed by atoms with Crippen LogP contribution in [0.3, 0.4) is 0 Å². The number of para-hydroxylation sites is 2. The van der Waals surface area contributed by atoms with Gasteiger partial charge in [-0.2, -0.15) is 0 Å². The molecule has 162 valence electrons. The molecular weight excluding hydrogens is 446 g/mol. The maximum absolute atomic E-state index is 12.4. The molecule has 0 aliphatic rings. The van der Waals surface area contributed by atoms with Crippen LogP contribution in [0.15, 0.2) is 88.9 Å². The van der Waals surface area contributed by atoms with Gasteiger partial charge in [0.25, 0.3) is 0 Å². The van der Waals surface area contributed by atoms with Crippen molar-refractivity contribution in [3.05, 3.63) is 78.9 Å². The summed E-state index contributed by atoms with van der Waals surface area (Å²) in [5, 5.41) is 12.4. The molecule has 0 aliphatic heterocycles. The summed E-state index contributed by atoms with van der Waals surface area (Å²) in [6.45, 7) is 0. The molecule has 0 atom stereocenters. The highest BCUT2D eigenvalue weighted by Gasteiger charge is 2.12. The molecule has 4 N–H and O–H groups in total. The van der Waals surface area contributed by atoms with E-state index in [4.69, 9.17) is 5.14 Å². The number of fused-ring (bicyclic) bond motifs is 1. The van der Waals surface area contributed by atoms with E-state index in [0.29, 0.717) is 16.7 Å². The molecular formula is C22H19N5O3S2. The van der Waals surface area contributed by atoms with Gasteiger partial charge in [0, 0.05) is 16.8 Å². The summed E-state index contributed by atoms with van der Waals surface area (Å²) in [4.78, 5) is 21.5. The smallest absolute Gasteiger partial charge is 0.238 e. The van der Waals surface area contributed by atoms with Crippen molar-refractivity contribution in [2.75, 3.05) is 16.4 Å². The highest BCUT2D eigenvalue weighted by atomic mass is 32.2. The number of hydrogen-bond donors (Lipinski definition) is 3. The number of carbonyl (C=O) groups is 1. The summed E-state index contributed by atoms with van der Waals surface area (Å²) in [6.07, 6.45) is 0. The number of rotatable bonds is 7. The normalized spacial score (nSPS) is 11.3. The van der Waals surface area contributed by atoms with Crippen molar-refractivity contribution in [3.63, 3.8) is 0 Å². The van der Waals surface area contributed by atoms with Gasteiger partial charge in [0.2, 0.25) is 15.9 Å². The summed E-state index contributed by atoms with van der Waals surface area (Å²) >= 11 is 1.18. The third-order valence-electron chi connectivity index (χ3n) is 4.40. The number of benzene rings is 3. The van der Waals surface area contributed by atoms with Gasteiger partial charge in [0.15, 0.2) is 5.16 Å². The molecule has 3 aromatic carbocycles. The largest absolute Gasteiger partial charge is 0.340 e. The van der Waals surface area contributed by atoms with Crippen molar-refractivity contribution in [1.29, 1.82) is 0 Å². The molecule has 0 bridgehead atoms. The summed E-state index contributed by atoms with van der Waals surface area (Å²) < 4.78 is 23.0. The molecule has 1 amide bonds. The van der Waals surface area contributed by atoms with E-state index >= 15 is 0 Å². The average Bonchev–Trinajstić information content (AvgIpc) is 2.78. The van der Waals surface area contributed by atoms with E-state index < -0.39 is 10.0 Å². The van der Waals surface area contributed by atoms with Crippen LogP contribution in [0.4, 0.5) is 17.2 Å². The molecule has 10 heteroatoms. The number of hydrogen-bond acceptors (Lipinski definition) is 7. The van der Waals surface area contributed by atoms with Crippen LogP contribution >= 0.6 is 11.8 Å². The van der Waals surface area contributed by atoms with Crippen LogP contribution in [0, 0.1) is 0 Å². The molecule has 0 unspecified atom stereocenters. The van der Waals surface area contributed by atoms with Gasteiger partial charge < -0.3 is 10.6 Å². The molecule has 0 saturated carbocycles. The Morgan fingerprint density at radius 2 is 1.62 bits per heavy atom. The number of nitrogens with two attached hydrogens (primary N) is 1. The number of thioether (sulfide) groups is 1. The van der Waals surface area contributed by atoms with Crippen LogP contribution < -0.4 is 15.8 Å². The predicted octanol–water partition coefficient (Wildman–Crippen LogP) is 3.75. The topological polar surface area (TPSA) is 127 Å². The fraction of sp³-hybridized carbons (Fsp3) is 0.0455. The fourth-order valence-electron chi connectivity index (χ4n) is 2.95. The number of aromatic nitrogens is 2. The first-order valence-corrected chi connectivity index (χ1v) is 12.1. The molecule has 1 aromatic heterocycles. The van der Waals surface area contributed by atoms with Gasteiger partial charge in [0.1, 0.15) is 5.82 Å². The van der Waals surface area contributed by atoms with Gasteiger partial charge in [-0.1, -0.05) is 48.2 Å². The SMILES string of the molecule is NS(=O)(=O)c1cccc(NC(=O)CSc2nc(Nc3ccccc3)c3ccccc3n2)c1. The number of anilines is 3. The molecule has 8 nitrogen and oxygen atoms in total. The monoisotopic (exact) mass is 465 g/mol. The number of nitrogens with one attached hydrogen (secondary N) is 2. The van der Waals surface area contributed by atoms with Gasteiger partial charge >= 0.3 is 0 Å². The summed E-state index contributed by atoms with van der Waals surface area (Å²) in [5.74, 6) is 0.365. The molecule has 4 rings (SSSR count). The fourth-order valence-corrected chi connectivity index (χ4v) is 4.16. The Morgan fingerprint density at radius 1 is 0.906 bits per heavy atom. The molecule has 1 heterocycles. The second kappa shape index (κ2) is 9.35. The Hall–Kier alpha value is -3.47. The van der Waals surface area contributed by atoms with E-state index in [2.05, 4.69) is 20.6 Å². The van der Waals surface area contributed by atoms with Crippen LogP contribution in [0.25, 0.3) is 10.9 Å². The van der Waals surface area contributed by atoms with Crippen LogP contribution in [0.2, 0.25) is 0 Å². The van der Waals surface area contributed by atoms with Gasteiger partial charge in [-0.05, 0) is 42.5 Å². The minimum atomic E-state index is -3.85. The first-order chi connectivity index (χ1) is 15.4. The highest BCUT2D eigenvalue weighted by Crippen LogP contribution is 2.27. The van der Waals surface area contributed by atoms with E-state index in [1.54, 1.807) is 6.07 Å². The average molecular weight is 466 g/mol. The zero-order chi connectivity index (χ0) is 22.6. The van der Waals surface area contributed by atoms with Crippen molar-refractivity contribution < 1.29 is 13.2 Å². The lowest BCUT2D eigenvalue weighted by Crippen LogP contribution is -2.16. The Labute approximate surface area is 189 Å². The second-order valence-electron chi connectivity index (χ2n) is 6.77. The van der Waals surface area contributed by atoms with E-state index in [0.717, 1.165) is 16.6 Å². The maximum atomic E-state index is 12.4. The van der Waals surface area contributed by atoms with E-state index in [-0.39, 0.29) is 16.6 Å². The molecule has 0 radical (unpaired) electrons. The molecule has 0 fully saturated rings. The first kappa shape index (κ1) is 21.8. The standard InChI is InChI=1S/C22H19N5O3S2/c23-32(29,30)17-10-6-9-16(13-17)24-20(28)14-31-22-26-19-12-5-4-11-18(19)21(27-22)25-15-7-2-1-3-8-15/h1-13H,14H2,(H,24,28)(H2,23,29,30)(H,25,26,27). The van der Waals surface area contributed by atoms with Crippen molar-refractivity contribution >= 4 is 55.8 Å². The van der Waals surface area contributed by atoms with Crippen molar-refractivity contribution in [2.24, 2.45) is 5.14 Å². The molecule has 32 heavy (non-hydrogen) atoms. The minimum Gasteiger partial charge on any atom is -0.340 e.